The Morgan fingerprint density at radius 3 is 2.62 bits per heavy atom. The third-order valence-electron chi connectivity index (χ3n) is 3.18. The molecule has 2 rings (SSSR count). The number of carbonyl (C=O) groups is 1. The van der Waals surface area contributed by atoms with E-state index in [0.29, 0.717) is 5.56 Å². The van der Waals surface area contributed by atoms with Crippen LogP contribution in [0.3, 0.4) is 0 Å². The molecule has 1 unspecified atom stereocenters. The van der Waals surface area contributed by atoms with Crippen LogP contribution in [-0.2, 0) is 0 Å². The van der Waals surface area contributed by atoms with Crippen molar-refractivity contribution in [1.82, 2.24) is 15.3 Å². The van der Waals surface area contributed by atoms with Gasteiger partial charge in [0.2, 0.25) is 0 Å². The molecule has 5 heteroatoms. The van der Waals surface area contributed by atoms with Gasteiger partial charge in [-0.25, -0.2) is 0 Å². The zero-order valence-electron chi connectivity index (χ0n) is 12.3. The van der Waals surface area contributed by atoms with E-state index in [9.17, 15) is 4.79 Å². The van der Waals surface area contributed by atoms with Crippen LogP contribution < -0.4 is 10.6 Å². The summed E-state index contributed by atoms with van der Waals surface area (Å²) in [6.07, 6.45) is 7.71. The number of nitrogens with zero attached hydrogens (tertiary/aromatic N) is 2. The van der Waals surface area contributed by atoms with Gasteiger partial charge >= 0.3 is 0 Å². The molecule has 0 saturated heterocycles. The van der Waals surface area contributed by atoms with Crippen molar-refractivity contribution in [2.24, 2.45) is 0 Å². The maximum Gasteiger partial charge on any atom is 0.255 e. The van der Waals surface area contributed by atoms with E-state index < -0.39 is 0 Å². The van der Waals surface area contributed by atoms with Crippen LogP contribution >= 0.6 is 0 Å². The number of hydrogen-bond donors (Lipinski definition) is 2. The molecule has 0 radical (unpaired) electrons. The smallest absolute Gasteiger partial charge is 0.255 e. The van der Waals surface area contributed by atoms with Crippen molar-refractivity contribution in [1.29, 1.82) is 0 Å². The molecule has 2 N–H and O–H groups in total. The lowest BCUT2D eigenvalue weighted by atomic mass is 10.1. The van der Waals surface area contributed by atoms with Gasteiger partial charge in [-0.05, 0) is 37.1 Å². The molecular weight excluding hydrogens is 264 g/mol. The fraction of sp³-hybridized carbons (Fsp3) is 0.312. The molecule has 110 valence electrons. The molecule has 0 saturated carbocycles. The zero-order chi connectivity index (χ0) is 15.1. The highest BCUT2D eigenvalue weighted by Crippen LogP contribution is 2.16. The molecule has 0 bridgehead atoms. The lowest BCUT2D eigenvalue weighted by Crippen LogP contribution is -2.27. The molecule has 1 amide bonds. The average Bonchev–Trinajstić information content (AvgIpc) is 2.54. The number of amides is 1. The largest absolute Gasteiger partial charge is 0.384 e. The van der Waals surface area contributed by atoms with Gasteiger partial charge in [0, 0.05) is 31.3 Å². The average molecular weight is 284 g/mol. The lowest BCUT2D eigenvalue weighted by Gasteiger charge is -2.16. The Morgan fingerprint density at radius 2 is 1.90 bits per heavy atom. The molecule has 0 fully saturated rings. The van der Waals surface area contributed by atoms with Gasteiger partial charge in [-0.2, -0.15) is 0 Å². The van der Waals surface area contributed by atoms with Crippen molar-refractivity contribution >= 4 is 11.6 Å². The van der Waals surface area contributed by atoms with E-state index in [4.69, 9.17) is 0 Å². The number of pyridine rings is 2. The third-order valence-corrected chi connectivity index (χ3v) is 3.18. The highest BCUT2D eigenvalue weighted by atomic mass is 16.1. The van der Waals surface area contributed by atoms with Crippen molar-refractivity contribution in [3.05, 3.63) is 54.1 Å². The number of hydrogen-bond acceptors (Lipinski definition) is 4. The lowest BCUT2D eigenvalue weighted by molar-refractivity contribution is 0.0940. The van der Waals surface area contributed by atoms with Crippen LogP contribution in [0.2, 0.25) is 0 Å². The second-order valence-electron chi connectivity index (χ2n) is 4.82. The van der Waals surface area contributed by atoms with Gasteiger partial charge in [-0.1, -0.05) is 6.92 Å². The molecule has 0 aliphatic heterocycles. The maximum absolute atomic E-state index is 12.4. The first kappa shape index (κ1) is 15.0. The van der Waals surface area contributed by atoms with E-state index in [-0.39, 0.29) is 11.9 Å². The van der Waals surface area contributed by atoms with Crippen LogP contribution in [0, 0.1) is 0 Å². The Morgan fingerprint density at radius 1 is 1.19 bits per heavy atom. The maximum atomic E-state index is 12.4. The molecular formula is C16H20N4O. The van der Waals surface area contributed by atoms with E-state index in [2.05, 4.69) is 27.5 Å². The van der Waals surface area contributed by atoms with Gasteiger partial charge in [-0.3, -0.25) is 14.8 Å². The summed E-state index contributed by atoms with van der Waals surface area (Å²) in [7, 11) is 0. The van der Waals surface area contributed by atoms with Crippen LogP contribution in [0.5, 0.6) is 0 Å². The number of nitrogens with one attached hydrogen (secondary N) is 2. The summed E-state index contributed by atoms with van der Waals surface area (Å²) < 4.78 is 0. The monoisotopic (exact) mass is 284 g/mol. The first-order valence-corrected chi connectivity index (χ1v) is 7.11. The zero-order valence-corrected chi connectivity index (χ0v) is 12.3. The minimum Gasteiger partial charge on any atom is -0.384 e. The quantitative estimate of drug-likeness (QED) is 0.856. The van der Waals surface area contributed by atoms with Crippen LogP contribution in [0.4, 0.5) is 5.69 Å². The molecule has 0 aliphatic carbocycles. The minimum atomic E-state index is -0.133. The van der Waals surface area contributed by atoms with Crippen LogP contribution in [0.15, 0.2) is 43.0 Å². The first-order chi connectivity index (χ1) is 10.2. The third kappa shape index (κ3) is 4.02. The fourth-order valence-electron chi connectivity index (χ4n) is 2.00. The van der Waals surface area contributed by atoms with Crippen molar-refractivity contribution in [3.8, 4) is 0 Å². The normalized spacial score (nSPS) is 11.7. The minimum absolute atomic E-state index is 0.0836. The van der Waals surface area contributed by atoms with Crippen molar-refractivity contribution < 1.29 is 4.79 Å². The van der Waals surface area contributed by atoms with E-state index in [1.165, 1.54) is 0 Å². The SMILES string of the molecule is CCCNc1ccncc1C(=O)NC(C)c1ccncc1. The number of carbonyl (C=O) groups excluding carboxylic acids is 1. The summed E-state index contributed by atoms with van der Waals surface area (Å²) >= 11 is 0. The van der Waals surface area contributed by atoms with E-state index >= 15 is 0 Å². The highest BCUT2D eigenvalue weighted by Gasteiger charge is 2.14. The highest BCUT2D eigenvalue weighted by molar-refractivity contribution is 5.99. The summed E-state index contributed by atoms with van der Waals surface area (Å²) in [5.41, 5.74) is 2.39. The fourth-order valence-corrected chi connectivity index (χ4v) is 2.00. The standard InChI is InChI=1S/C16H20N4O/c1-3-7-19-15-6-10-18-11-14(15)16(21)20-12(2)13-4-8-17-9-5-13/h4-6,8-12H,3,7H2,1-2H3,(H,18,19)(H,20,21). The predicted molar refractivity (Wildman–Crippen MR) is 83.1 cm³/mol. The molecule has 5 nitrogen and oxygen atoms in total. The summed E-state index contributed by atoms with van der Waals surface area (Å²) in [6.45, 7) is 4.85. The molecule has 0 spiro atoms. The molecule has 21 heavy (non-hydrogen) atoms. The van der Waals surface area contributed by atoms with Gasteiger partial charge in [0.1, 0.15) is 0 Å². The van der Waals surface area contributed by atoms with Crippen LogP contribution in [0.1, 0.15) is 42.2 Å². The van der Waals surface area contributed by atoms with Gasteiger partial charge in [0.25, 0.3) is 5.91 Å². The van der Waals surface area contributed by atoms with Crippen LogP contribution in [0.25, 0.3) is 0 Å². The Balaban J connectivity index is 2.10. The second-order valence-corrected chi connectivity index (χ2v) is 4.82. The Kier molecular flexibility index (Phi) is 5.26. The van der Waals surface area contributed by atoms with Crippen molar-refractivity contribution in [2.45, 2.75) is 26.3 Å². The first-order valence-electron chi connectivity index (χ1n) is 7.11. The molecule has 2 aromatic heterocycles. The summed E-state index contributed by atoms with van der Waals surface area (Å²) in [4.78, 5) is 20.4. The Hall–Kier alpha value is -2.43. The summed E-state index contributed by atoms with van der Waals surface area (Å²) in [5, 5.41) is 6.23. The van der Waals surface area contributed by atoms with E-state index in [1.807, 2.05) is 25.1 Å². The summed E-state index contributed by atoms with van der Waals surface area (Å²) in [5.74, 6) is -0.133. The number of rotatable bonds is 6. The number of aromatic nitrogens is 2. The predicted octanol–water partition coefficient (Wildman–Crippen LogP) is 2.79. The number of anilines is 1. The van der Waals surface area contributed by atoms with Crippen LogP contribution in [-0.4, -0.2) is 22.4 Å². The molecule has 2 heterocycles. The molecule has 1 atom stereocenters. The Bertz CT molecular complexity index is 586. The van der Waals surface area contributed by atoms with Gasteiger partial charge in [0.15, 0.2) is 0 Å². The van der Waals surface area contributed by atoms with Crippen molar-refractivity contribution in [3.63, 3.8) is 0 Å². The van der Waals surface area contributed by atoms with Gasteiger partial charge in [0.05, 0.1) is 17.3 Å². The topological polar surface area (TPSA) is 66.9 Å². The van der Waals surface area contributed by atoms with Crippen molar-refractivity contribution in [2.75, 3.05) is 11.9 Å². The molecule has 0 aliphatic rings. The van der Waals surface area contributed by atoms with E-state index in [0.717, 1.165) is 24.2 Å². The van der Waals surface area contributed by atoms with Gasteiger partial charge < -0.3 is 10.6 Å². The molecule has 2 aromatic rings. The van der Waals surface area contributed by atoms with E-state index in [1.54, 1.807) is 24.8 Å². The Labute approximate surface area is 124 Å². The molecule has 0 aromatic carbocycles. The second kappa shape index (κ2) is 7.38. The summed E-state index contributed by atoms with van der Waals surface area (Å²) in [6, 6.07) is 5.52. The van der Waals surface area contributed by atoms with Gasteiger partial charge in [-0.15, -0.1) is 0 Å².